The molecular weight excluding hydrogens is 238 g/mol. The average Bonchev–Trinajstić information content (AvgIpc) is 2.57. The van der Waals surface area contributed by atoms with Gasteiger partial charge in [0.05, 0.1) is 5.56 Å². The van der Waals surface area contributed by atoms with Gasteiger partial charge in [-0.2, -0.15) is 0 Å². The standard InChI is InChI=1S/C15H23N3O/c1-10-5-3-2-4-6-14(10)18-11-7-8-13(16)12(9-11)15(17)19/h7-10,14,18H,2-6,16H2,1H3,(H2,17,19). The summed E-state index contributed by atoms with van der Waals surface area (Å²) in [5.74, 6) is 0.173. The first-order chi connectivity index (χ1) is 9.08. The summed E-state index contributed by atoms with van der Waals surface area (Å²) in [6.45, 7) is 2.29. The average molecular weight is 261 g/mol. The molecule has 1 aromatic carbocycles. The number of nitrogen functional groups attached to an aromatic ring is 1. The van der Waals surface area contributed by atoms with Gasteiger partial charge in [0.2, 0.25) is 0 Å². The molecule has 0 aromatic heterocycles. The van der Waals surface area contributed by atoms with Gasteiger partial charge < -0.3 is 16.8 Å². The van der Waals surface area contributed by atoms with E-state index >= 15 is 0 Å². The molecule has 2 unspecified atom stereocenters. The molecule has 2 atom stereocenters. The van der Waals surface area contributed by atoms with Crippen LogP contribution in [0.15, 0.2) is 18.2 Å². The Morgan fingerprint density at radius 2 is 2.00 bits per heavy atom. The van der Waals surface area contributed by atoms with Crippen molar-refractivity contribution in [2.75, 3.05) is 11.1 Å². The number of nitrogens with one attached hydrogen (secondary N) is 1. The van der Waals surface area contributed by atoms with Gasteiger partial charge in [-0.25, -0.2) is 0 Å². The van der Waals surface area contributed by atoms with Crippen molar-refractivity contribution in [1.29, 1.82) is 0 Å². The first-order valence-corrected chi connectivity index (χ1v) is 7.04. The second-order valence-corrected chi connectivity index (χ2v) is 5.53. The molecule has 0 bridgehead atoms. The zero-order valence-corrected chi connectivity index (χ0v) is 11.5. The summed E-state index contributed by atoms with van der Waals surface area (Å²) >= 11 is 0. The fraction of sp³-hybridized carbons (Fsp3) is 0.533. The molecule has 1 amide bonds. The lowest BCUT2D eigenvalue weighted by molar-refractivity contribution is 0.100. The smallest absolute Gasteiger partial charge is 0.250 e. The molecule has 4 heteroatoms. The first kappa shape index (κ1) is 13.7. The molecule has 1 saturated carbocycles. The van der Waals surface area contributed by atoms with Gasteiger partial charge in [0.15, 0.2) is 0 Å². The number of benzene rings is 1. The number of carbonyl (C=O) groups excluding carboxylic acids is 1. The van der Waals surface area contributed by atoms with Crippen molar-refractivity contribution in [1.82, 2.24) is 0 Å². The molecule has 0 aliphatic heterocycles. The van der Waals surface area contributed by atoms with Crippen molar-refractivity contribution in [3.8, 4) is 0 Å². The Hall–Kier alpha value is -1.71. The third-order valence-electron chi connectivity index (χ3n) is 4.03. The van der Waals surface area contributed by atoms with Crippen LogP contribution in [0.3, 0.4) is 0 Å². The number of hydrogen-bond acceptors (Lipinski definition) is 3. The highest BCUT2D eigenvalue weighted by molar-refractivity contribution is 5.98. The third kappa shape index (κ3) is 3.40. The maximum atomic E-state index is 11.3. The van der Waals surface area contributed by atoms with Crippen molar-refractivity contribution < 1.29 is 4.79 Å². The van der Waals surface area contributed by atoms with E-state index in [1.165, 1.54) is 32.1 Å². The zero-order chi connectivity index (χ0) is 13.8. The highest BCUT2D eigenvalue weighted by atomic mass is 16.1. The molecule has 5 N–H and O–H groups in total. The predicted molar refractivity (Wildman–Crippen MR) is 79.0 cm³/mol. The Morgan fingerprint density at radius 1 is 1.26 bits per heavy atom. The maximum absolute atomic E-state index is 11.3. The Morgan fingerprint density at radius 3 is 2.74 bits per heavy atom. The minimum Gasteiger partial charge on any atom is -0.398 e. The van der Waals surface area contributed by atoms with Crippen LogP contribution in [0.5, 0.6) is 0 Å². The molecule has 0 heterocycles. The summed E-state index contributed by atoms with van der Waals surface area (Å²) in [4.78, 5) is 11.3. The van der Waals surface area contributed by atoms with E-state index in [9.17, 15) is 4.79 Å². The highest BCUT2D eigenvalue weighted by Crippen LogP contribution is 2.27. The normalized spacial score (nSPS) is 23.6. The summed E-state index contributed by atoms with van der Waals surface area (Å²) in [6.07, 6.45) is 6.33. The number of nitrogens with two attached hydrogens (primary N) is 2. The van der Waals surface area contributed by atoms with Crippen molar-refractivity contribution in [3.05, 3.63) is 23.8 Å². The van der Waals surface area contributed by atoms with Crippen molar-refractivity contribution in [3.63, 3.8) is 0 Å². The van der Waals surface area contributed by atoms with Crippen molar-refractivity contribution in [2.24, 2.45) is 11.7 Å². The Bertz CT molecular complexity index is 459. The SMILES string of the molecule is CC1CCCCCC1Nc1ccc(N)c(C(N)=O)c1. The van der Waals surface area contributed by atoms with Gasteiger partial charge in [-0.15, -0.1) is 0 Å². The van der Waals surface area contributed by atoms with Gasteiger partial charge in [0.25, 0.3) is 5.91 Å². The van der Waals surface area contributed by atoms with E-state index in [2.05, 4.69) is 12.2 Å². The van der Waals surface area contributed by atoms with E-state index in [1.54, 1.807) is 12.1 Å². The summed E-state index contributed by atoms with van der Waals surface area (Å²) in [7, 11) is 0. The predicted octanol–water partition coefficient (Wildman–Crippen LogP) is 2.75. The Balaban J connectivity index is 2.13. The maximum Gasteiger partial charge on any atom is 0.250 e. The van der Waals surface area contributed by atoms with Crippen LogP contribution in [0.1, 0.15) is 49.4 Å². The second kappa shape index (κ2) is 5.95. The van der Waals surface area contributed by atoms with Gasteiger partial charge in [-0.3, -0.25) is 4.79 Å². The minimum atomic E-state index is -0.477. The first-order valence-electron chi connectivity index (χ1n) is 7.04. The number of rotatable bonds is 3. The zero-order valence-electron chi connectivity index (χ0n) is 11.5. The van der Waals surface area contributed by atoms with E-state index in [1.807, 2.05) is 6.07 Å². The molecule has 1 aliphatic rings. The summed E-state index contributed by atoms with van der Waals surface area (Å²) in [5, 5.41) is 3.53. The van der Waals surface area contributed by atoms with Crippen LogP contribution in [-0.4, -0.2) is 11.9 Å². The number of primary amides is 1. The van der Waals surface area contributed by atoms with Gasteiger partial charge >= 0.3 is 0 Å². The molecule has 1 aliphatic carbocycles. The molecule has 1 fully saturated rings. The van der Waals surface area contributed by atoms with Gasteiger partial charge in [-0.1, -0.05) is 26.2 Å². The molecule has 0 radical (unpaired) electrons. The van der Waals surface area contributed by atoms with E-state index < -0.39 is 5.91 Å². The summed E-state index contributed by atoms with van der Waals surface area (Å²) < 4.78 is 0. The number of carbonyl (C=O) groups is 1. The quantitative estimate of drug-likeness (QED) is 0.578. The van der Waals surface area contributed by atoms with E-state index in [0.29, 0.717) is 23.2 Å². The van der Waals surface area contributed by atoms with Crippen molar-refractivity contribution >= 4 is 17.3 Å². The minimum absolute atomic E-state index is 0.395. The van der Waals surface area contributed by atoms with Crippen LogP contribution in [-0.2, 0) is 0 Å². The second-order valence-electron chi connectivity index (χ2n) is 5.53. The topological polar surface area (TPSA) is 81.1 Å². The van der Waals surface area contributed by atoms with Crippen LogP contribution >= 0.6 is 0 Å². The number of anilines is 2. The number of amides is 1. The molecule has 0 saturated heterocycles. The van der Waals surface area contributed by atoms with Crippen LogP contribution in [0.25, 0.3) is 0 Å². The fourth-order valence-corrected chi connectivity index (χ4v) is 2.78. The van der Waals surface area contributed by atoms with E-state index in [0.717, 1.165) is 5.69 Å². The summed E-state index contributed by atoms with van der Waals surface area (Å²) in [5.41, 5.74) is 12.8. The van der Waals surface area contributed by atoms with Crippen LogP contribution in [0.2, 0.25) is 0 Å². The highest BCUT2D eigenvalue weighted by Gasteiger charge is 2.20. The lowest BCUT2D eigenvalue weighted by Gasteiger charge is -2.24. The van der Waals surface area contributed by atoms with Crippen molar-refractivity contribution in [2.45, 2.75) is 45.1 Å². The third-order valence-corrected chi connectivity index (χ3v) is 4.03. The molecular formula is C15H23N3O. The van der Waals surface area contributed by atoms with E-state index in [-0.39, 0.29) is 0 Å². The lowest BCUT2D eigenvalue weighted by Crippen LogP contribution is -2.26. The molecule has 104 valence electrons. The molecule has 2 rings (SSSR count). The molecule has 1 aromatic rings. The Labute approximate surface area is 114 Å². The van der Waals surface area contributed by atoms with Gasteiger partial charge in [-0.05, 0) is 37.0 Å². The number of hydrogen-bond donors (Lipinski definition) is 3. The largest absolute Gasteiger partial charge is 0.398 e. The Kier molecular flexibility index (Phi) is 4.30. The fourth-order valence-electron chi connectivity index (χ4n) is 2.78. The molecule has 19 heavy (non-hydrogen) atoms. The van der Waals surface area contributed by atoms with E-state index in [4.69, 9.17) is 11.5 Å². The van der Waals surface area contributed by atoms with Crippen LogP contribution in [0, 0.1) is 5.92 Å². The summed E-state index contributed by atoms with van der Waals surface area (Å²) in [6, 6.07) is 5.88. The van der Waals surface area contributed by atoms with Gasteiger partial charge in [0.1, 0.15) is 0 Å². The van der Waals surface area contributed by atoms with Crippen LogP contribution < -0.4 is 16.8 Å². The van der Waals surface area contributed by atoms with Crippen LogP contribution in [0.4, 0.5) is 11.4 Å². The lowest BCUT2D eigenvalue weighted by atomic mass is 9.96. The monoisotopic (exact) mass is 261 g/mol. The van der Waals surface area contributed by atoms with Gasteiger partial charge in [0, 0.05) is 17.4 Å². The molecule has 4 nitrogen and oxygen atoms in total. The molecule has 0 spiro atoms.